The van der Waals surface area contributed by atoms with Crippen LogP contribution in [-0.4, -0.2) is 41.8 Å². The lowest BCUT2D eigenvalue weighted by Gasteiger charge is -2.30. The Morgan fingerprint density at radius 1 is 1.25 bits per heavy atom. The fourth-order valence-electron chi connectivity index (χ4n) is 2.51. The molecule has 0 spiro atoms. The quantitative estimate of drug-likeness (QED) is 0.863. The van der Waals surface area contributed by atoms with Gasteiger partial charge in [0, 0.05) is 13.1 Å². The number of likely N-dealkylation sites (tertiary alicyclic amines) is 1. The summed E-state index contributed by atoms with van der Waals surface area (Å²) in [6, 6.07) is 7.43. The molecule has 1 saturated heterocycles. The lowest BCUT2D eigenvalue weighted by molar-refractivity contribution is 0.0526. The van der Waals surface area contributed by atoms with Gasteiger partial charge in [-0.15, -0.1) is 0 Å². The summed E-state index contributed by atoms with van der Waals surface area (Å²) in [6.45, 7) is 3.29. The molecule has 5 nitrogen and oxygen atoms in total. The van der Waals surface area contributed by atoms with Crippen molar-refractivity contribution in [1.82, 2.24) is 4.90 Å². The van der Waals surface area contributed by atoms with E-state index in [0.29, 0.717) is 31.2 Å². The van der Waals surface area contributed by atoms with E-state index in [0.717, 1.165) is 18.4 Å². The highest BCUT2D eigenvalue weighted by atomic mass is 16.5. The number of amides is 1. The Kier molecular flexibility index (Phi) is 4.61. The second kappa shape index (κ2) is 6.41. The Labute approximate surface area is 118 Å². The second-order valence-corrected chi connectivity index (χ2v) is 4.89. The zero-order chi connectivity index (χ0) is 14.5. The standard InChI is InChI=1S/C15H19NO4/c1-2-20-14(17)13-5-3-11(4-6-13)12-7-9-16(10-8-12)15(18)19/h3-6,12H,2,7-10H2,1H3,(H,18,19). The van der Waals surface area contributed by atoms with Crippen molar-refractivity contribution in [3.8, 4) is 0 Å². The molecule has 1 N–H and O–H groups in total. The Morgan fingerprint density at radius 2 is 1.85 bits per heavy atom. The number of carbonyl (C=O) groups excluding carboxylic acids is 1. The monoisotopic (exact) mass is 277 g/mol. The summed E-state index contributed by atoms with van der Waals surface area (Å²) in [6.07, 6.45) is 0.803. The minimum atomic E-state index is -0.846. The van der Waals surface area contributed by atoms with Gasteiger partial charge >= 0.3 is 12.1 Å². The Balaban J connectivity index is 1.97. The lowest BCUT2D eigenvalue weighted by atomic mass is 9.89. The van der Waals surface area contributed by atoms with Gasteiger partial charge in [-0.05, 0) is 43.4 Å². The molecule has 1 amide bonds. The molecule has 1 aliphatic rings. The van der Waals surface area contributed by atoms with Crippen molar-refractivity contribution >= 4 is 12.1 Å². The van der Waals surface area contributed by atoms with Gasteiger partial charge in [-0.3, -0.25) is 0 Å². The smallest absolute Gasteiger partial charge is 0.407 e. The van der Waals surface area contributed by atoms with Gasteiger partial charge in [0.25, 0.3) is 0 Å². The highest BCUT2D eigenvalue weighted by molar-refractivity contribution is 5.89. The minimum Gasteiger partial charge on any atom is -0.465 e. The molecule has 0 bridgehead atoms. The highest BCUT2D eigenvalue weighted by Gasteiger charge is 2.23. The predicted octanol–water partition coefficient (Wildman–Crippen LogP) is 2.72. The lowest BCUT2D eigenvalue weighted by Crippen LogP contribution is -2.36. The fourth-order valence-corrected chi connectivity index (χ4v) is 2.51. The molecular weight excluding hydrogens is 258 g/mol. The van der Waals surface area contributed by atoms with Crippen LogP contribution in [0.15, 0.2) is 24.3 Å². The first-order valence-electron chi connectivity index (χ1n) is 6.86. The molecule has 1 aliphatic heterocycles. The largest absolute Gasteiger partial charge is 0.465 e. The van der Waals surface area contributed by atoms with Gasteiger partial charge in [0.05, 0.1) is 12.2 Å². The number of piperidine rings is 1. The molecular formula is C15H19NO4. The minimum absolute atomic E-state index is 0.306. The van der Waals surface area contributed by atoms with Gasteiger partial charge in [0.15, 0.2) is 0 Å². The van der Waals surface area contributed by atoms with Crippen LogP contribution in [0.3, 0.4) is 0 Å². The van der Waals surface area contributed by atoms with E-state index in [-0.39, 0.29) is 5.97 Å². The maximum atomic E-state index is 11.6. The third kappa shape index (κ3) is 3.29. The van der Waals surface area contributed by atoms with E-state index >= 15 is 0 Å². The average Bonchev–Trinajstić information content (AvgIpc) is 2.48. The van der Waals surface area contributed by atoms with Crippen molar-refractivity contribution in [2.75, 3.05) is 19.7 Å². The van der Waals surface area contributed by atoms with Crippen molar-refractivity contribution in [2.45, 2.75) is 25.7 Å². The SMILES string of the molecule is CCOC(=O)c1ccc(C2CCN(C(=O)O)CC2)cc1. The number of carbonyl (C=O) groups is 2. The van der Waals surface area contributed by atoms with Crippen molar-refractivity contribution in [3.63, 3.8) is 0 Å². The first-order chi connectivity index (χ1) is 9.61. The third-order valence-electron chi connectivity index (χ3n) is 3.66. The summed E-state index contributed by atoms with van der Waals surface area (Å²) in [5.74, 6) is 0.0570. The third-order valence-corrected chi connectivity index (χ3v) is 3.66. The molecule has 1 heterocycles. The van der Waals surface area contributed by atoms with Crippen LogP contribution in [0.1, 0.15) is 41.6 Å². The van der Waals surface area contributed by atoms with Crippen molar-refractivity contribution in [1.29, 1.82) is 0 Å². The van der Waals surface area contributed by atoms with Crippen LogP contribution in [-0.2, 0) is 4.74 Å². The van der Waals surface area contributed by atoms with Crippen molar-refractivity contribution in [3.05, 3.63) is 35.4 Å². The first kappa shape index (κ1) is 14.4. The second-order valence-electron chi connectivity index (χ2n) is 4.89. The summed E-state index contributed by atoms with van der Waals surface area (Å²) in [4.78, 5) is 23.9. The zero-order valence-corrected chi connectivity index (χ0v) is 11.5. The molecule has 0 radical (unpaired) electrons. The van der Waals surface area contributed by atoms with E-state index in [1.54, 1.807) is 19.1 Å². The fraction of sp³-hybridized carbons (Fsp3) is 0.467. The van der Waals surface area contributed by atoms with Crippen LogP contribution in [0.25, 0.3) is 0 Å². The van der Waals surface area contributed by atoms with Gasteiger partial charge in [0.2, 0.25) is 0 Å². The Hall–Kier alpha value is -2.04. The van der Waals surface area contributed by atoms with Crippen LogP contribution in [0.5, 0.6) is 0 Å². The zero-order valence-electron chi connectivity index (χ0n) is 11.5. The van der Waals surface area contributed by atoms with E-state index in [4.69, 9.17) is 9.84 Å². The predicted molar refractivity (Wildman–Crippen MR) is 74.0 cm³/mol. The summed E-state index contributed by atoms with van der Waals surface area (Å²) in [5.41, 5.74) is 1.71. The van der Waals surface area contributed by atoms with Gasteiger partial charge in [-0.1, -0.05) is 12.1 Å². The van der Waals surface area contributed by atoms with Gasteiger partial charge in [-0.2, -0.15) is 0 Å². The number of carboxylic acid groups (broad SMARTS) is 1. The van der Waals surface area contributed by atoms with Crippen LogP contribution >= 0.6 is 0 Å². The Morgan fingerprint density at radius 3 is 2.35 bits per heavy atom. The van der Waals surface area contributed by atoms with E-state index in [1.165, 1.54) is 4.90 Å². The van der Waals surface area contributed by atoms with Gasteiger partial charge in [-0.25, -0.2) is 9.59 Å². The van der Waals surface area contributed by atoms with E-state index < -0.39 is 6.09 Å². The van der Waals surface area contributed by atoms with Crippen LogP contribution in [0.2, 0.25) is 0 Å². The van der Waals surface area contributed by atoms with Crippen LogP contribution < -0.4 is 0 Å². The molecule has 1 aromatic rings. The molecule has 0 atom stereocenters. The number of nitrogens with zero attached hydrogens (tertiary/aromatic N) is 1. The number of ether oxygens (including phenoxy) is 1. The van der Waals surface area contributed by atoms with E-state index in [2.05, 4.69) is 0 Å². The maximum Gasteiger partial charge on any atom is 0.407 e. The van der Waals surface area contributed by atoms with Crippen molar-refractivity contribution < 1.29 is 19.4 Å². The average molecular weight is 277 g/mol. The number of benzene rings is 1. The van der Waals surface area contributed by atoms with E-state index in [1.807, 2.05) is 12.1 Å². The molecule has 2 rings (SSSR count). The normalized spacial score (nSPS) is 15.9. The highest BCUT2D eigenvalue weighted by Crippen LogP contribution is 2.28. The molecule has 1 aromatic carbocycles. The topological polar surface area (TPSA) is 66.8 Å². The van der Waals surface area contributed by atoms with E-state index in [9.17, 15) is 9.59 Å². The first-order valence-corrected chi connectivity index (χ1v) is 6.86. The molecule has 5 heteroatoms. The summed E-state index contributed by atoms with van der Waals surface area (Å²) in [5, 5.41) is 8.92. The molecule has 0 unspecified atom stereocenters. The number of esters is 1. The molecule has 0 saturated carbocycles. The molecule has 1 fully saturated rings. The maximum absolute atomic E-state index is 11.6. The number of hydrogen-bond acceptors (Lipinski definition) is 3. The van der Waals surface area contributed by atoms with Crippen LogP contribution in [0.4, 0.5) is 4.79 Å². The molecule has 0 aromatic heterocycles. The van der Waals surface area contributed by atoms with Gasteiger partial charge < -0.3 is 14.7 Å². The summed E-state index contributed by atoms with van der Waals surface area (Å²) >= 11 is 0. The molecule has 108 valence electrons. The number of hydrogen-bond donors (Lipinski definition) is 1. The Bertz CT molecular complexity index is 475. The number of rotatable bonds is 3. The molecule has 0 aliphatic carbocycles. The molecule has 20 heavy (non-hydrogen) atoms. The van der Waals surface area contributed by atoms with Gasteiger partial charge in [0.1, 0.15) is 0 Å². The summed E-state index contributed by atoms with van der Waals surface area (Å²) in [7, 11) is 0. The van der Waals surface area contributed by atoms with Crippen LogP contribution in [0, 0.1) is 0 Å². The van der Waals surface area contributed by atoms with Crippen molar-refractivity contribution in [2.24, 2.45) is 0 Å². The summed E-state index contributed by atoms with van der Waals surface area (Å²) < 4.78 is 4.94.